The predicted octanol–water partition coefficient (Wildman–Crippen LogP) is 3.12. The Morgan fingerprint density at radius 3 is 2.45 bits per heavy atom. The van der Waals surface area contributed by atoms with Crippen molar-refractivity contribution in [3.63, 3.8) is 0 Å². The minimum Gasteiger partial charge on any atom is -0.378 e. The quantitative estimate of drug-likeness (QED) is 0.898. The zero-order valence-corrected chi connectivity index (χ0v) is 12.4. The molecular formula is C16H21N3O. The fourth-order valence-corrected chi connectivity index (χ4v) is 2.40. The molecule has 4 heteroatoms. The summed E-state index contributed by atoms with van der Waals surface area (Å²) in [5.74, 6) is 0.649. The summed E-state index contributed by atoms with van der Waals surface area (Å²) in [5, 5.41) is 3.35. The number of aryl methyl sites for hydroxylation is 3. The molecule has 0 aliphatic carbocycles. The summed E-state index contributed by atoms with van der Waals surface area (Å²) in [5.41, 5.74) is 3.70. The van der Waals surface area contributed by atoms with Crippen LogP contribution < -0.4 is 10.9 Å². The van der Waals surface area contributed by atoms with Crippen LogP contribution in [0.4, 0.5) is 5.69 Å². The van der Waals surface area contributed by atoms with Crippen LogP contribution in [0.3, 0.4) is 0 Å². The van der Waals surface area contributed by atoms with Gasteiger partial charge in [-0.2, -0.15) is 0 Å². The van der Waals surface area contributed by atoms with E-state index in [1.54, 1.807) is 6.92 Å². The maximum absolute atomic E-state index is 12.1. The standard InChI is InChI=1S/C16H21N3O/c1-5-13-6-8-14(9-7-13)18-11(3)15-10(2)17-12(4)19-16(15)20/h6-9,11,18H,5H2,1-4H3,(H,17,19,20). The van der Waals surface area contributed by atoms with Crippen molar-refractivity contribution >= 4 is 5.69 Å². The number of H-pyrrole nitrogens is 1. The fraction of sp³-hybridized carbons (Fsp3) is 0.375. The van der Waals surface area contributed by atoms with E-state index in [2.05, 4.69) is 34.3 Å². The van der Waals surface area contributed by atoms with Crippen LogP contribution >= 0.6 is 0 Å². The van der Waals surface area contributed by atoms with Gasteiger partial charge in [-0.05, 0) is 44.9 Å². The van der Waals surface area contributed by atoms with Gasteiger partial charge in [0.15, 0.2) is 0 Å². The molecule has 1 aromatic carbocycles. The van der Waals surface area contributed by atoms with Gasteiger partial charge >= 0.3 is 0 Å². The lowest BCUT2D eigenvalue weighted by Crippen LogP contribution is -2.23. The van der Waals surface area contributed by atoms with E-state index in [0.29, 0.717) is 11.4 Å². The van der Waals surface area contributed by atoms with Crippen molar-refractivity contribution in [3.05, 3.63) is 57.3 Å². The Hall–Kier alpha value is -2.10. The molecule has 2 N–H and O–H groups in total. The third-order valence-electron chi connectivity index (χ3n) is 3.44. The van der Waals surface area contributed by atoms with E-state index in [0.717, 1.165) is 17.8 Å². The monoisotopic (exact) mass is 271 g/mol. The van der Waals surface area contributed by atoms with Gasteiger partial charge in [-0.1, -0.05) is 19.1 Å². The minimum absolute atomic E-state index is 0.0693. The SMILES string of the molecule is CCc1ccc(NC(C)c2c(C)nc(C)[nH]c2=O)cc1. The number of rotatable bonds is 4. The van der Waals surface area contributed by atoms with Crippen molar-refractivity contribution in [2.24, 2.45) is 0 Å². The number of aromatic nitrogens is 2. The Morgan fingerprint density at radius 1 is 1.25 bits per heavy atom. The minimum atomic E-state index is -0.0840. The summed E-state index contributed by atoms with van der Waals surface area (Å²) in [6, 6.07) is 8.19. The van der Waals surface area contributed by atoms with Crippen LogP contribution in [0.5, 0.6) is 0 Å². The highest BCUT2D eigenvalue weighted by Crippen LogP contribution is 2.19. The number of anilines is 1. The van der Waals surface area contributed by atoms with E-state index in [-0.39, 0.29) is 11.6 Å². The van der Waals surface area contributed by atoms with Crippen LogP contribution in [0.15, 0.2) is 29.1 Å². The van der Waals surface area contributed by atoms with Crippen molar-refractivity contribution in [1.29, 1.82) is 0 Å². The molecule has 0 aliphatic heterocycles. The summed E-state index contributed by atoms with van der Waals surface area (Å²) >= 11 is 0. The number of nitrogens with zero attached hydrogens (tertiary/aromatic N) is 1. The largest absolute Gasteiger partial charge is 0.378 e. The molecule has 0 saturated heterocycles. The molecule has 2 rings (SSSR count). The molecule has 0 radical (unpaired) electrons. The van der Waals surface area contributed by atoms with E-state index < -0.39 is 0 Å². The van der Waals surface area contributed by atoms with E-state index >= 15 is 0 Å². The van der Waals surface area contributed by atoms with Gasteiger partial charge in [0.25, 0.3) is 5.56 Å². The highest BCUT2D eigenvalue weighted by atomic mass is 16.1. The molecule has 0 fully saturated rings. The van der Waals surface area contributed by atoms with Crippen molar-refractivity contribution in [2.45, 2.75) is 40.2 Å². The molecule has 2 aromatic rings. The number of nitrogens with one attached hydrogen (secondary N) is 2. The maximum Gasteiger partial charge on any atom is 0.256 e. The number of hydrogen-bond donors (Lipinski definition) is 2. The first-order chi connectivity index (χ1) is 9.51. The second-order valence-corrected chi connectivity index (χ2v) is 5.07. The first kappa shape index (κ1) is 14.3. The van der Waals surface area contributed by atoms with E-state index in [9.17, 15) is 4.79 Å². The second kappa shape index (κ2) is 5.90. The lowest BCUT2D eigenvalue weighted by Gasteiger charge is -2.17. The van der Waals surface area contributed by atoms with Gasteiger partial charge < -0.3 is 10.3 Å². The predicted molar refractivity (Wildman–Crippen MR) is 82.2 cm³/mol. The molecule has 20 heavy (non-hydrogen) atoms. The van der Waals surface area contributed by atoms with E-state index in [4.69, 9.17) is 0 Å². The van der Waals surface area contributed by atoms with Gasteiger partial charge in [0.2, 0.25) is 0 Å². The van der Waals surface area contributed by atoms with Crippen LogP contribution in [0, 0.1) is 13.8 Å². The molecule has 0 spiro atoms. The van der Waals surface area contributed by atoms with Crippen LogP contribution in [-0.2, 0) is 6.42 Å². The Morgan fingerprint density at radius 2 is 1.90 bits per heavy atom. The number of aromatic amines is 1. The van der Waals surface area contributed by atoms with E-state index in [1.807, 2.05) is 26.0 Å². The van der Waals surface area contributed by atoms with Gasteiger partial charge in [-0.3, -0.25) is 4.79 Å². The topological polar surface area (TPSA) is 57.8 Å². The molecule has 0 saturated carbocycles. The molecule has 1 unspecified atom stereocenters. The Balaban J connectivity index is 2.23. The zero-order valence-electron chi connectivity index (χ0n) is 12.4. The van der Waals surface area contributed by atoms with E-state index in [1.165, 1.54) is 5.56 Å². The van der Waals surface area contributed by atoms with Gasteiger partial charge in [-0.25, -0.2) is 4.98 Å². The average molecular weight is 271 g/mol. The highest BCUT2D eigenvalue weighted by molar-refractivity contribution is 5.46. The molecule has 4 nitrogen and oxygen atoms in total. The average Bonchev–Trinajstić information content (AvgIpc) is 2.38. The molecule has 0 aliphatic rings. The van der Waals surface area contributed by atoms with Crippen LogP contribution in [0.25, 0.3) is 0 Å². The Kier molecular flexibility index (Phi) is 4.23. The van der Waals surface area contributed by atoms with Gasteiger partial charge in [0.05, 0.1) is 17.3 Å². The van der Waals surface area contributed by atoms with Crippen LogP contribution in [0.2, 0.25) is 0 Å². The molecule has 1 atom stereocenters. The zero-order chi connectivity index (χ0) is 14.7. The molecular weight excluding hydrogens is 250 g/mol. The lowest BCUT2D eigenvalue weighted by molar-refractivity contribution is 0.814. The Bertz CT molecular complexity index is 644. The molecule has 1 heterocycles. The number of hydrogen-bond acceptors (Lipinski definition) is 3. The summed E-state index contributed by atoms with van der Waals surface area (Å²) in [7, 11) is 0. The van der Waals surface area contributed by atoms with Gasteiger partial charge in [-0.15, -0.1) is 0 Å². The van der Waals surface area contributed by atoms with Gasteiger partial charge in [0, 0.05) is 5.69 Å². The van der Waals surface area contributed by atoms with Crippen molar-refractivity contribution in [3.8, 4) is 0 Å². The molecule has 1 aromatic heterocycles. The summed E-state index contributed by atoms with van der Waals surface area (Å²) in [4.78, 5) is 19.1. The van der Waals surface area contributed by atoms with Crippen molar-refractivity contribution in [1.82, 2.24) is 9.97 Å². The normalized spacial score (nSPS) is 12.2. The first-order valence-electron chi connectivity index (χ1n) is 6.94. The van der Waals surface area contributed by atoms with Crippen molar-refractivity contribution < 1.29 is 0 Å². The summed E-state index contributed by atoms with van der Waals surface area (Å²) < 4.78 is 0. The van der Waals surface area contributed by atoms with Crippen LogP contribution in [0.1, 0.15) is 42.5 Å². The fourth-order valence-electron chi connectivity index (χ4n) is 2.40. The third kappa shape index (κ3) is 3.07. The molecule has 0 amide bonds. The second-order valence-electron chi connectivity index (χ2n) is 5.07. The maximum atomic E-state index is 12.1. The third-order valence-corrected chi connectivity index (χ3v) is 3.44. The Labute approximate surface area is 119 Å². The highest BCUT2D eigenvalue weighted by Gasteiger charge is 2.14. The smallest absolute Gasteiger partial charge is 0.256 e. The lowest BCUT2D eigenvalue weighted by atomic mass is 10.1. The van der Waals surface area contributed by atoms with Gasteiger partial charge in [0.1, 0.15) is 5.82 Å². The van der Waals surface area contributed by atoms with Crippen LogP contribution in [-0.4, -0.2) is 9.97 Å². The molecule has 0 bridgehead atoms. The van der Waals surface area contributed by atoms with Crippen molar-refractivity contribution in [2.75, 3.05) is 5.32 Å². The first-order valence-corrected chi connectivity index (χ1v) is 6.94. The summed E-state index contributed by atoms with van der Waals surface area (Å²) in [6.45, 7) is 7.77. The molecule has 106 valence electrons. The summed E-state index contributed by atoms with van der Waals surface area (Å²) in [6.07, 6.45) is 1.02. The number of benzene rings is 1.